The van der Waals surface area contributed by atoms with E-state index in [1.54, 1.807) is 27.7 Å². The summed E-state index contributed by atoms with van der Waals surface area (Å²) in [6, 6.07) is 0.0994. The second-order valence-electron chi connectivity index (χ2n) is 6.59. The average Bonchev–Trinajstić information content (AvgIpc) is 2.66. The highest BCUT2D eigenvalue weighted by atomic mass is 16.5. The number of carbonyl (C=O) groups excluding carboxylic acids is 1. The molecule has 1 unspecified atom stereocenters. The van der Waals surface area contributed by atoms with Gasteiger partial charge in [-0.3, -0.25) is 9.69 Å². The summed E-state index contributed by atoms with van der Waals surface area (Å²) in [5.41, 5.74) is 0.509. The number of piperazine rings is 1. The summed E-state index contributed by atoms with van der Waals surface area (Å²) in [5, 5.41) is 13.8. The van der Waals surface area contributed by atoms with Gasteiger partial charge < -0.3 is 14.5 Å². The summed E-state index contributed by atoms with van der Waals surface area (Å²) in [5.74, 6) is 0.560. The zero-order valence-corrected chi connectivity index (χ0v) is 13.5. The van der Waals surface area contributed by atoms with Crippen molar-refractivity contribution in [3.05, 3.63) is 17.0 Å². The van der Waals surface area contributed by atoms with Crippen LogP contribution in [-0.2, 0) is 0 Å². The van der Waals surface area contributed by atoms with Gasteiger partial charge in [-0.25, -0.2) is 0 Å². The van der Waals surface area contributed by atoms with E-state index >= 15 is 0 Å². The third-order valence-corrected chi connectivity index (χ3v) is 3.83. The number of amides is 1. The van der Waals surface area contributed by atoms with Crippen LogP contribution in [-0.4, -0.2) is 63.8 Å². The fraction of sp³-hybridized carbons (Fsp3) is 0.733. The summed E-state index contributed by atoms with van der Waals surface area (Å²) >= 11 is 0. The molecule has 1 N–H and O–H groups in total. The summed E-state index contributed by atoms with van der Waals surface area (Å²) in [4.78, 5) is 16.7. The minimum Gasteiger partial charge on any atom is -0.389 e. The molecular weight excluding hydrogens is 270 g/mol. The van der Waals surface area contributed by atoms with Crippen LogP contribution in [0.4, 0.5) is 0 Å². The predicted octanol–water partition coefficient (Wildman–Crippen LogP) is 1.21. The zero-order chi connectivity index (χ0) is 15.8. The van der Waals surface area contributed by atoms with E-state index in [0.717, 1.165) is 13.1 Å². The molecule has 6 nitrogen and oxygen atoms in total. The Labute approximate surface area is 125 Å². The van der Waals surface area contributed by atoms with Crippen LogP contribution in [0.5, 0.6) is 0 Å². The Morgan fingerprint density at radius 1 is 1.43 bits per heavy atom. The predicted molar refractivity (Wildman–Crippen MR) is 79.2 cm³/mol. The Balaban J connectivity index is 2.06. The summed E-state index contributed by atoms with van der Waals surface area (Å²) in [6.07, 6.45) is 0. The molecule has 21 heavy (non-hydrogen) atoms. The second kappa shape index (κ2) is 5.77. The second-order valence-corrected chi connectivity index (χ2v) is 6.59. The first-order chi connectivity index (χ1) is 9.69. The maximum atomic E-state index is 12.7. The number of aliphatic hydroxyl groups is 1. The van der Waals surface area contributed by atoms with E-state index in [0.29, 0.717) is 30.1 Å². The van der Waals surface area contributed by atoms with Gasteiger partial charge >= 0.3 is 0 Å². The van der Waals surface area contributed by atoms with Crippen LogP contribution < -0.4 is 0 Å². The van der Waals surface area contributed by atoms with Gasteiger partial charge in [0.15, 0.2) is 0 Å². The van der Waals surface area contributed by atoms with Gasteiger partial charge in [0.25, 0.3) is 5.91 Å². The van der Waals surface area contributed by atoms with Crippen LogP contribution >= 0.6 is 0 Å². The number of aromatic nitrogens is 1. The van der Waals surface area contributed by atoms with Crippen molar-refractivity contribution in [3.63, 3.8) is 0 Å². The van der Waals surface area contributed by atoms with Gasteiger partial charge in [-0.15, -0.1) is 0 Å². The van der Waals surface area contributed by atoms with Crippen molar-refractivity contribution in [2.75, 3.05) is 26.2 Å². The van der Waals surface area contributed by atoms with Crippen LogP contribution in [0.25, 0.3) is 0 Å². The van der Waals surface area contributed by atoms with Crippen molar-refractivity contribution >= 4 is 5.91 Å². The molecule has 1 aromatic rings. The Morgan fingerprint density at radius 2 is 2.10 bits per heavy atom. The fourth-order valence-corrected chi connectivity index (χ4v) is 2.96. The van der Waals surface area contributed by atoms with Gasteiger partial charge in [0, 0.05) is 32.2 Å². The van der Waals surface area contributed by atoms with Crippen molar-refractivity contribution in [1.82, 2.24) is 15.0 Å². The summed E-state index contributed by atoms with van der Waals surface area (Å²) < 4.78 is 5.09. The van der Waals surface area contributed by atoms with Gasteiger partial charge in [-0.1, -0.05) is 5.16 Å². The van der Waals surface area contributed by atoms with Gasteiger partial charge in [0.1, 0.15) is 11.3 Å². The highest BCUT2D eigenvalue weighted by molar-refractivity contribution is 5.96. The lowest BCUT2D eigenvalue weighted by Crippen LogP contribution is -2.56. The van der Waals surface area contributed by atoms with Crippen molar-refractivity contribution in [1.29, 1.82) is 0 Å². The molecule has 0 aliphatic carbocycles. The molecule has 1 amide bonds. The lowest BCUT2D eigenvalue weighted by Gasteiger charge is -2.41. The first kappa shape index (κ1) is 16.0. The summed E-state index contributed by atoms with van der Waals surface area (Å²) in [7, 11) is 0. The monoisotopic (exact) mass is 295 g/mol. The number of nitrogens with zero attached hydrogens (tertiary/aromatic N) is 3. The molecular formula is C15H25N3O3. The molecule has 0 spiro atoms. The molecule has 0 radical (unpaired) electrons. The van der Waals surface area contributed by atoms with Crippen LogP contribution in [0.3, 0.4) is 0 Å². The van der Waals surface area contributed by atoms with E-state index in [1.165, 1.54) is 0 Å². The van der Waals surface area contributed by atoms with E-state index in [4.69, 9.17) is 4.52 Å². The standard InChI is InChI=1S/C15H25N3O3/c1-10-8-17(9-15(4,5)20)6-7-18(10)14(19)13-11(2)16-21-12(13)3/h10,20H,6-9H2,1-5H3. The third-order valence-electron chi connectivity index (χ3n) is 3.83. The van der Waals surface area contributed by atoms with Crippen molar-refractivity contribution in [3.8, 4) is 0 Å². The SMILES string of the molecule is Cc1noc(C)c1C(=O)N1CCN(CC(C)(C)O)CC1C. The normalized spacial score (nSPS) is 20.9. The number of carbonyl (C=O) groups is 1. The van der Waals surface area contributed by atoms with Gasteiger partial charge in [0.05, 0.1) is 11.3 Å². The topological polar surface area (TPSA) is 69.8 Å². The lowest BCUT2D eigenvalue weighted by atomic mass is 10.1. The maximum absolute atomic E-state index is 12.7. The third kappa shape index (κ3) is 3.63. The molecule has 118 valence electrons. The first-order valence-electron chi connectivity index (χ1n) is 7.37. The highest BCUT2D eigenvalue weighted by Crippen LogP contribution is 2.20. The van der Waals surface area contributed by atoms with Crippen molar-refractivity contribution < 1.29 is 14.4 Å². The number of aryl methyl sites for hydroxylation is 2. The van der Waals surface area contributed by atoms with Crippen molar-refractivity contribution in [2.45, 2.75) is 46.3 Å². The Bertz CT molecular complexity index is 499. The molecule has 0 aromatic carbocycles. The minimum atomic E-state index is -0.715. The molecule has 2 rings (SSSR count). The largest absolute Gasteiger partial charge is 0.389 e. The van der Waals surface area contributed by atoms with Gasteiger partial charge in [-0.2, -0.15) is 0 Å². The minimum absolute atomic E-state index is 0.0124. The molecule has 2 heterocycles. The Hall–Kier alpha value is -1.40. The molecule has 6 heteroatoms. The van der Waals surface area contributed by atoms with E-state index < -0.39 is 5.60 Å². The van der Waals surface area contributed by atoms with Gasteiger partial charge in [-0.05, 0) is 34.6 Å². The molecule has 0 saturated carbocycles. The molecule has 0 bridgehead atoms. The first-order valence-corrected chi connectivity index (χ1v) is 7.37. The van der Waals surface area contributed by atoms with Crippen LogP contribution in [0.2, 0.25) is 0 Å². The molecule has 1 fully saturated rings. The van der Waals surface area contributed by atoms with E-state index in [-0.39, 0.29) is 11.9 Å². The van der Waals surface area contributed by atoms with Crippen LogP contribution in [0.15, 0.2) is 4.52 Å². The van der Waals surface area contributed by atoms with Crippen LogP contribution in [0, 0.1) is 13.8 Å². The molecule has 1 saturated heterocycles. The number of β-amino-alcohol motifs (C(OH)–C–C–N with tert-alkyl or cyclic N) is 1. The maximum Gasteiger partial charge on any atom is 0.259 e. The molecule has 1 aliphatic heterocycles. The lowest BCUT2D eigenvalue weighted by molar-refractivity contribution is 0.00573. The van der Waals surface area contributed by atoms with E-state index in [2.05, 4.69) is 10.1 Å². The van der Waals surface area contributed by atoms with Crippen LogP contribution in [0.1, 0.15) is 42.6 Å². The Morgan fingerprint density at radius 3 is 2.57 bits per heavy atom. The zero-order valence-electron chi connectivity index (χ0n) is 13.5. The fourth-order valence-electron chi connectivity index (χ4n) is 2.96. The van der Waals surface area contributed by atoms with E-state index in [9.17, 15) is 9.90 Å². The average molecular weight is 295 g/mol. The summed E-state index contributed by atoms with van der Waals surface area (Å²) in [6.45, 7) is 12.0. The quantitative estimate of drug-likeness (QED) is 0.907. The molecule has 1 atom stereocenters. The number of hydrogen-bond acceptors (Lipinski definition) is 5. The van der Waals surface area contributed by atoms with Crippen molar-refractivity contribution in [2.24, 2.45) is 0 Å². The number of rotatable bonds is 3. The molecule has 1 aliphatic rings. The van der Waals surface area contributed by atoms with Gasteiger partial charge in [0.2, 0.25) is 0 Å². The highest BCUT2D eigenvalue weighted by Gasteiger charge is 2.32. The smallest absolute Gasteiger partial charge is 0.259 e. The Kier molecular flexibility index (Phi) is 4.39. The van der Waals surface area contributed by atoms with E-state index in [1.807, 2.05) is 11.8 Å². The number of hydrogen-bond donors (Lipinski definition) is 1. The molecule has 1 aromatic heterocycles.